The summed E-state index contributed by atoms with van der Waals surface area (Å²) < 4.78 is 15.2. The maximum absolute atomic E-state index is 13.5. The number of halogens is 1. The van der Waals surface area contributed by atoms with Gasteiger partial charge in [0.25, 0.3) is 0 Å². The van der Waals surface area contributed by atoms with Crippen molar-refractivity contribution >= 4 is 27.2 Å². The highest BCUT2D eigenvalue weighted by atomic mass is 32.1. The molecule has 4 aromatic rings. The number of rotatable bonds is 1. The molecule has 3 heterocycles. The first-order chi connectivity index (χ1) is 11.7. The van der Waals surface area contributed by atoms with Gasteiger partial charge in [-0.1, -0.05) is 19.1 Å². The molecule has 0 N–H and O–H groups in total. The van der Waals surface area contributed by atoms with Crippen LogP contribution in [0.15, 0.2) is 30.6 Å². The number of aryl methyl sites for hydroxylation is 1. The number of nitrogens with zero attached hydrogens (tertiary/aromatic N) is 4. The number of benzene rings is 1. The molecule has 4 nitrogen and oxygen atoms in total. The average molecular weight is 338 g/mol. The zero-order chi connectivity index (χ0) is 16.3. The molecule has 0 aliphatic heterocycles. The fourth-order valence-corrected chi connectivity index (χ4v) is 4.93. The third-order valence-electron chi connectivity index (χ3n) is 4.76. The number of thiophene rings is 1. The van der Waals surface area contributed by atoms with Crippen LogP contribution in [0.25, 0.3) is 27.3 Å². The van der Waals surface area contributed by atoms with Gasteiger partial charge in [0.2, 0.25) is 0 Å². The van der Waals surface area contributed by atoms with Crippen LogP contribution in [0.1, 0.15) is 36.1 Å². The molecule has 1 atom stereocenters. The quantitative estimate of drug-likeness (QED) is 0.510. The Morgan fingerprint density at radius 2 is 2.25 bits per heavy atom. The van der Waals surface area contributed by atoms with Gasteiger partial charge in [0.1, 0.15) is 17.0 Å². The molecule has 0 fully saturated rings. The average Bonchev–Trinajstić information content (AvgIpc) is 3.16. The highest BCUT2D eigenvalue weighted by Gasteiger charge is 2.25. The Hall–Kier alpha value is -2.34. The van der Waals surface area contributed by atoms with Crippen molar-refractivity contribution in [3.05, 3.63) is 46.9 Å². The van der Waals surface area contributed by atoms with Gasteiger partial charge in [-0.25, -0.2) is 18.9 Å². The first-order valence-electron chi connectivity index (χ1n) is 8.13. The summed E-state index contributed by atoms with van der Waals surface area (Å²) in [5.74, 6) is 0.771. The molecule has 6 heteroatoms. The summed E-state index contributed by atoms with van der Waals surface area (Å²) in [7, 11) is 0. The monoisotopic (exact) mass is 338 g/mol. The van der Waals surface area contributed by atoms with Crippen LogP contribution in [-0.2, 0) is 6.42 Å². The van der Waals surface area contributed by atoms with E-state index in [9.17, 15) is 4.39 Å². The molecule has 0 amide bonds. The molecule has 0 saturated carbocycles. The Morgan fingerprint density at radius 3 is 3.12 bits per heavy atom. The molecule has 0 spiro atoms. The minimum atomic E-state index is -0.281. The van der Waals surface area contributed by atoms with Crippen molar-refractivity contribution in [3.63, 3.8) is 0 Å². The molecule has 24 heavy (non-hydrogen) atoms. The summed E-state index contributed by atoms with van der Waals surface area (Å²) in [6.07, 6.45) is 5.26. The summed E-state index contributed by atoms with van der Waals surface area (Å²) in [6.45, 7) is 2.28. The van der Waals surface area contributed by atoms with Crippen LogP contribution in [0.2, 0.25) is 0 Å². The largest absolute Gasteiger partial charge is 0.225 e. The molecule has 0 bridgehead atoms. The Labute approximate surface area is 142 Å². The van der Waals surface area contributed by atoms with Crippen LogP contribution in [0, 0.1) is 5.82 Å². The second-order valence-electron chi connectivity index (χ2n) is 6.37. The second kappa shape index (κ2) is 5.08. The van der Waals surface area contributed by atoms with Gasteiger partial charge >= 0.3 is 0 Å². The zero-order valence-electron chi connectivity index (χ0n) is 13.2. The lowest BCUT2D eigenvalue weighted by Crippen LogP contribution is -2.04. The zero-order valence-corrected chi connectivity index (χ0v) is 14.0. The minimum Gasteiger partial charge on any atom is -0.225 e. The van der Waals surface area contributed by atoms with E-state index in [1.807, 2.05) is 6.07 Å². The maximum atomic E-state index is 13.5. The first-order valence-corrected chi connectivity index (χ1v) is 8.95. The lowest BCUT2D eigenvalue weighted by Gasteiger charge is -2.18. The molecule has 1 aromatic carbocycles. The predicted octanol–water partition coefficient (Wildman–Crippen LogP) is 4.58. The van der Waals surface area contributed by atoms with E-state index in [1.165, 1.54) is 35.4 Å². The van der Waals surface area contributed by atoms with Gasteiger partial charge in [-0.05, 0) is 42.9 Å². The van der Waals surface area contributed by atoms with E-state index in [4.69, 9.17) is 4.98 Å². The van der Waals surface area contributed by atoms with Gasteiger partial charge in [-0.2, -0.15) is 0 Å². The predicted molar refractivity (Wildman–Crippen MR) is 92.9 cm³/mol. The van der Waals surface area contributed by atoms with Crippen molar-refractivity contribution in [2.75, 3.05) is 0 Å². The van der Waals surface area contributed by atoms with Crippen molar-refractivity contribution in [1.29, 1.82) is 0 Å². The van der Waals surface area contributed by atoms with Crippen molar-refractivity contribution in [3.8, 4) is 11.4 Å². The Morgan fingerprint density at radius 1 is 1.33 bits per heavy atom. The van der Waals surface area contributed by atoms with Crippen molar-refractivity contribution in [1.82, 2.24) is 19.6 Å². The van der Waals surface area contributed by atoms with Crippen molar-refractivity contribution in [2.24, 2.45) is 0 Å². The molecular weight excluding hydrogens is 323 g/mol. The number of aromatic nitrogens is 4. The van der Waals surface area contributed by atoms with Crippen LogP contribution in [-0.4, -0.2) is 19.6 Å². The smallest absolute Gasteiger partial charge is 0.182 e. The number of fused-ring (bicyclic) bond motifs is 5. The summed E-state index contributed by atoms with van der Waals surface area (Å²) >= 11 is 1.77. The van der Waals surface area contributed by atoms with Crippen molar-refractivity contribution in [2.45, 2.75) is 32.1 Å². The molecule has 120 valence electrons. The molecule has 3 aromatic heterocycles. The first kappa shape index (κ1) is 14.0. The summed E-state index contributed by atoms with van der Waals surface area (Å²) in [4.78, 5) is 11.8. The molecular formula is C18H15FN4S. The van der Waals surface area contributed by atoms with E-state index in [2.05, 4.69) is 17.0 Å². The fraction of sp³-hybridized carbons (Fsp3) is 0.278. The lowest BCUT2D eigenvalue weighted by atomic mass is 9.87. The minimum absolute atomic E-state index is 0.281. The van der Waals surface area contributed by atoms with Crippen molar-refractivity contribution < 1.29 is 4.39 Å². The van der Waals surface area contributed by atoms with E-state index in [0.29, 0.717) is 17.3 Å². The van der Waals surface area contributed by atoms with E-state index in [0.717, 1.165) is 22.3 Å². The number of hydrogen-bond acceptors (Lipinski definition) is 4. The normalized spacial score (nSPS) is 17.5. The summed E-state index contributed by atoms with van der Waals surface area (Å²) in [6, 6.07) is 6.40. The van der Waals surface area contributed by atoms with Gasteiger partial charge in [-0.3, -0.25) is 0 Å². The van der Waals surface area contributed by atoms with E-state index in [-0.39, 0.29) is 5.82 Å². The van der Waals surface area contributed by atoms with Gasteiger partial charge in [-0.15, -0.1) is 16.4 Å². The molecule has 0 radical (unpaired) electrons. The highest BCUT2D eigenvalue weighted by molar-refractivity contribution is 7.19. The van der Waals surface area contributed by atoms with Crippen LogP contribution < -0.4 is 0 Å². The highest BCUT2D eigenvalue weighted by Crippen LogP contribution is 2.42. The Balaban J connectivity index is 1.80. The fourth-order valence-electron chi connectivity index (χ4n) is 3.64. The lowest BCUT2D eigenvalue weighted by molar-refractivity contribution is 0.602. The van der Waals surface area contributed by atoms with Gasteiger partial charge in [0.15, 0.2) is 11.5 Å². The number of hydrogen-bond donors (Lipinski definition) is 0. The molecule has 1 aliphatic carbocycles. The van der Waals surface area contributed by atoms with E-state index >= 15 is 0 Å². The molecule has 1 aliphatic rings. The van der Waals surface area contributed by atoms with Gasteiger partial charge in [0.05, 0.1) is 5.39 Å². The Bertz CT molecular complexity index is 1080. The standard InChI is InChI=1S/C18H15FN4S/c1-10-4-2-7-13-14(10)15-17-21-16(11-5-3-6-12(19)8-11)22-23(17)9-20-18(15)24-13/h3,5-6,8-10H,2,4,7H2,1H3. The van der Waals surface area contributed by atoms with Crippen LogP contribution in [0.3, 0.4) is 0 Å². The third-order valence-corrected chi connectivity index (χ3v) is 5.93. The maximum Gasteiger partial charge on any atom is 0.182 e. The van der Waals surface area contributed by atoms with E-state index in [1.54, 1.807) is 28.2 Å². The Kier molecular flexibility index (Phi) is 2.97. The molecule has 5 rings (SSSR count). The van der Waals surface area contributed by atoms with Gasteiger partial charge in [0, 0.05) is 10.4 Å². The van der Waals surface area contributed by atoms with Crippen LogP contribution in [0.5, 0.6) is 0 Å². The SMILES string of the molecule is CC1CCCc2sc3ncn4nc(-c5cccc(F)c5)nc4c3c21. The van der Waals surface area contributed by atoms with Crippen LogP contribution in [0.4, 0.5) is 4.39 Å². The van der Waals surface area contributed by atoms with Gasteiger partial charge < -0.3 is 0 Å². The second-order valence-corrected chi connectivity index (χ2v) is 7.45. The van der Waals surface area contributed by atoms with Crippen LogP contribution >= 0.6 is 11.3 Å². The third kappa shape index (κ3) is 1.99. The summed E-state index contributed by atoms with van der Waals surface area (Å²) in [5, 5.41) is 5.63. The van der Waals surface area contributed by atoms with E-state index < -0.39 is 0 Å². The summed E-state index contributed by atoms with van der Waals surface area (Å²) in [5.41, 5.74) is 2.90. The topological polar surface area (TPSA) is 43.1 Å². The molecule has 0 saturated heterocycles. The molecule has 1 unspecified atom stereocenters.